The summed E-state index contributed by atoms with van der Waals surface area (Å²) < 4.78 is 37.4. The molecule has 0 amide bonds. The maximum absolute atomic E-state index is 12.7. The predicted molar refractivity (Wildman–Crippen MR) is 35.6 cm³/mol. The molecule has 0 spiro atoms. The molecule has 0 heterocycles. The molecule has 0 aliphatic carbocycles. The minimum Gasteiger partial charge on any atom is -0.236 e. The highest BCUT2D eigenvalue weighted by Crippen LogP contribution is 2.13. The minimum atomic E-state index is -1.23. The van der Waals surface area contributed by atoms with Crippen LogP contribution >= 0.6 is 0 Å². The molecule has 0 aliphatic rings. The quantitative estimate of drug-likeness (QED) is 0.613. The van der Waals surface area contributed by atoms with Crippen LogP contribution in [0.25, 0.3) is 0 Å². The Kier molecular flexibility index (Phi) is 2.70. The van der Waals surface area contributed by atoms with Crippen LogP contribution in [0.4, 0.5) is 13.2 Å². The van der Waals surface area contributed by atoms with Crippen LogP contribution in [-0.4, -0.2) is 6.61 Å². The van der Waals surface area contributed by atoms with Crippen LogP contribution in [0.2, 0.25) is 0 Å². The molecular weight excluding hydrogens is 169 g/mol. The average Bonchev–Trinajstić information content (AvgIpc) is 2.01. The molecule has 1 radical (unpaired) electrons. The number of halogens is 3. The van der Waals surface area contributed by atoms with Crippen molar-refractivity contribution in [3.8, 4) is 0 Å². The summed E-state index contributed by atoms with van der Waals surface area (Å²) in [5, 5.41) is 10.1. The first kappa shape index (κ1) is 9.06. The second-order valence-corrected chi connectivity index (χ2v) is 2.31. The van der Waals surface area contributed by atoms with Gasteiger partial charge in [0.05, 0.1) is 6.61 Å². The van der Waals surface area contributed by atoms with E-state index in [1.54, 1.807) is 0 Å². The van der Waals surface area contributed by atoms with Crippen molar-refractivity contribution in [3.63, 3.8) is 0 Å². The Morgan fingerprint density at radius 3 is 2.17 bits per heavy atom. The highest BCUT2D eigenvalue weighted by molar-refractivity contribution is 5.20. The molecule has 0 saturated carbocycles. The predicted octanol–water partition coefficient (Wildman–Crippen LogP) is 2.08. The lowest BCUT2D eigenvalue weighted by atomic mass is 10.1. The largest absolute Gasteiger partial charge is 0.236 e. The van der Waals surface area contributed by atoms with Gasteiger partial charge in [0.25, 0.3) is 0 Å². The molecule has 0 atom stereocenters. The van der Waals surface area contributed by atoms with Crippen LogP contribution in [-0.2, 0) is 11.5 Å². The van der Waals surface area contributed by atoms with Gasteiger partial charge in [-0.05, 0) is 11.6 Å². The molecule has 1 nitrogen and oxygen atoms in total. The van der Waals surface area contributed by atoms with Crippen LogP contribution in [0.5, 0.6) is 0 Å². The lowest BCUT2D eigenvalue weighted by Crippen LogP contribution is -1.97. The van der Waals surface area contributed by atoms with Crippen LogP contribution in [0.3, 0.4) is 0 Å². The van der Waals surface area contributed by atoms with Gasteiger partial charge in [0.2, 0.25) is 0 Å². The van der Waals surface area contributed by atoms with E-state index in [0.717, 1.165) is 0 Å². The molecule has 1 rings (SSSR count). The molecule has 0 unspecified atom stereocenters. The summed E-state index contributed by atoms with van der Waals surface area (Å²) in [5.41, 5.74) is -0.0797. The van der Waals surface area contributed by atoms with Gasteiger partial charge in [-0.1, -0.05) is 0 Å². The molecule has 0 bridgehead atoms. The number of hydrogen-bond acceptors (Lipinski definition) is 0. The molecule has 0 fully saturated rings. The Bertz CT molecular complexity index is 286. The molecule has 12 heavy (non-hydrogen) atoms. The Hall–Kier alpha value is -1.03. The van der Waals surface area contributed by atoms with Gasteiger partial charge in [-0.25, -0.2) is 18.3 Å². The Balaban J connectivity index is 3.05. The van der Waals surface area contributed by atoms with E-state index in [-0.39, 0.29) is 12.0 Å². The van der Waals surface area contributed by atoms with Crippen LogP contribution in [0.15, 0.2) is 12.1 Å². The minimum absolute atomic E-state index is 0.0797. The second kappa shape index (κ2) is 3.58. The monoisotopic (exact) mass is 175 g/mol. The fourth-order valence-corrected chi connectivity index (χ4v) is 0.865. The van der Waals surface area contributed by atoms with E-state index in [4.69, 9.17) is 0 Å². The van der Waals surface area contributed by atoms with Crippen LogP contribution < -0.4 is 0 Å². The summed E-state index contributed by atoms with van der Waals surface area (Å²) in [6.45, 7) is -0.540. The zero-order valence-electron chi connectivity index (χ0n) is 6.11. The summed E-state index contributed by atoms with van der Waals surface area (Å²) in [7, 11) is 0. The van der Waals surface area contributed by atoms with Gasteiger partial charge in [0.1, 0.15) is 5.82 Å². The standard InChI is InChI=1S/C8H6F3O/c9-6-4-8(11)7(10)3-5(6)1-2-12/h3-4H,1-2H2. The first-order valence-corrected chi connectivity index (χ1v) is 3.36. The maximum Gasteiger partial charge on any atom is 0.161 e. The van der Waals surface area contributed by atoms with E-state index in [1.165, 1.54) is 0 Å². The van der Waals surface area contributed by atoms with Crippen molar-refractivity contribution < 1.29 is 18.3 Å². The molecule has 1 aromatic rings. The van der Waals surface area contributed by atoms with Gasteiger partial charge >= 0.3 is 0 Å². The highest BCUT2D eigenvalue weighted by atomic mass is 19.2. The van der Waals surface area contributed by atoms with Gasteiger partial charge < -0.3 is 0 Å². The van der Waals surface area contributed by atoms with Gasteiger partial charge in [-0.2, -0.15) is 0 Å². The summed E-state index contributed by atoms with van der Waals surface area (Å²) in [6.07, 6.45) is -0.122. The number of rotatable bonds is 2. The van der Waals surface area contributed by atoms with Gasteiger partial charge in [0, 0.05) is 12.5 Å². The Labute approximate surface area is 67.5 Å². The SMILES string of the molecule is [O]CCc1cc(F)c(F)cc1F. The van der Waals surface area contributed by atoms with Crippen molar-refractivity contribution >= 4 is 0 Å². The van der Waals surface area contributed by atoms with Crippen LogP contribution in [0, 0.1) is 17.5 Å². The van der Waals surface area contributed by atoms with E-state index in [0.29, 0.717) is 12.1 Å². The van der Waals surface area contributed by atoms with Crippen molar-refractivity contribution in [2.75, 3.05) is 6.61 Å². The summed E-state index contributed by atoms with van der Waals surface area (Å²) in [5.74, 6) is -3.23. The number of hydrogen-bond donors (Lipinski definition) is 0. The third-order valence-corrected chi connectivity index (χ3v) is 1.46. The lowest BCUT2D eigenvalue weighted by molar-refractivity contribution is 0.196. The zero-order valence-corrected chi connectivity index (χ0v) is 6.11. The molecule has 0 aromatic heterocycles. The smallest absolute Gasteiger partial charge is 0.161 e. The van der Waals surface area contributed by atoms with E-state index in [2.05, 4.69) is 0 Å². The average molecular weight is 175 g/mol. The van der Waals surface area contributed by atoms with E-state index in [9.17, 15) is 18.3 Å². The van der Waals surface area contributed by atoms with E-state index in [1.807, 2.05) is 0 Å². The van der Waals surface area contributed by atoms with Gasteiger partial charge in [-0.15, -0.1) is 0 Å². The molecular formula is C8H6F3O. The van der Waals surface area contributed by atoms with Crippen molar-refractivity contribution in [1.82, 2.24) is 0 Å². The van der Waals surface area contributed by atoms with E-state index < -0.39 is 24.1 Å². The fourth-order valence-electron chi connectivity index (χ4n) is 0.865. The van der Waals surface area contributed by atoms with Gasteiger partial charge in [0.15, 0.2) is 11.6 Å². The summed E-state index contributed by atoms with van der Waals surface area (Å²) in [6, 6.07) is 1.16. The fraction of sp³-hybridized carbons (Fsp3) is 0.250. The third-order valence-electron chi connectivity index (χ3n) is 1.46. The first-order chi connectivity index (χ1) is 5.65. The summed E-state index contributed by atoms with van der Waals surface area (Å²) >= 11 is 0. The molecule has 4 heteroatoms. The van der Waals surface area contributed by atoms with Crippen molar-refractivity contribution in [1.29, 1.82) is 0 Å². The zero-order chi connectivity index (χ0) is 9.14. The van der Waals surface area contributed by atoms with Crippen LogP contribution in [0.1, 0.15) is 5.56 Å². The topological polar surface area (TPSA) is 19.9 Å². The molecule has 1 aromatic carbocycles. The molecule has 0 saturated heterocycles. The lowest BCUT2D eigenvalue weighted by Gasteiger charge is -2.00. The van der Waals surface area contributed by atoms with Crippen molar-refractivity contribution in [2.45, 2.75) is 6.42 Å². The number of benzene rings is 1. The van der Waals surface area contributed by atoms with E-state index >= 15 is 0 Å². The summed E-state index contributed by atoms with van der Waals surface area (Å²) in [4.78, 5) is 0. The Morgan fingerprint density at radius 2 is 1.58 bits per heavy atom. The normalized spacial score (nSPS) is 10.3. The third kappa shape index (κ3) is 1.76. The molecule has 0 aliphatic heterocycles. The highest BCUT2D eigenvalue weighted by Gasteiger charge is 2.08. The Morgan fingerprint density at radius 1 is 1.00 bits per heavy atom. The second-order valence-electron chi connectivity index (χ2n) is 2.31. The van der Waals surface area contributed by atoms with Gasteiger partial charge in [-0.3, -0.25) is 0 Å². The maximum atomic E-state index is 12.7. The molecule has 65 valence electrons. The van der Waals surface area contributed by atoms with Crippen molar-refractivity contribution in [2.24, 2.45) is 0 Å². The molecule has 0 N–H and O–H groups in total. The van der Waals surface area contributed by atoms with Crippen molar-refractivity contribution in [3.05, 3.63) is 35.1 Å². The first-order valence-electron chi connectivity index (χ1n) is 3.36.